The molecule has 0 aliphatic rings. The van der Waals surface area contributed by atoms with Crippen molar-refractivity contribution in [1.29, 1.82) is 0 Å². The molecule has 0 unspecified atom stereocenters. The van der Waals surface area contributed by atoms with Gasteiger partial charge >= 0.3 is 5.97 Å². The molecular weight excluding hydrogens is 236 g/mol. The Morgan fingerprint density at radius 1 is 1.29 bits per heavy atom. The molecule has 0 atom stereocenters. The molecule has 0 amide bonds. The molecule has 0 bridgehead atoms. The number of carbonyl (C=O) groups is 1. The number of esters is 1. The molecule has 17 heavy (non-hydrogen) atoms. The molecule has 0 aliphatic heterocycles. The lowest BCUT2D eigenvalue weighted by molar-refractivity contribution is -0.140. The largest absolute Gasteiger partial charge is 0.491 e. The van der Waals surface area contributed by atoms with Gasteiger partial charge in [-0.2, -0.15) is 0 Å². The number of methoxy groups -OCH3 is 1. The van der Waals surface area contributed by atoms with E-state index < -0.39 is 0 Å². The molecule has 4 heteroatoms. The number of rotatable bonds is 6. The van der Waals surface area contributed by atoms with Crippen LogP contribution in [0.5, 0.6) is 5.75 Å². The zero-order valence-electron chi connectivity index (χ0n) is 10.4. The van der Waals surface area contributed by atoms with Gasteiger partial charge < -0.3 is 9.47 Å². The summed E-state index contributed by atoms with van der Waals surface area (Å²) in [6.07, 6.45) is 0.624. The third-order valence-electron chi connectivity index (χ3n) is 2.00. The maximum Gasteiger partial charge on any atom is 0.306 e. The Balaban J connectivity index is 2.37. The SMILES string of the molecule is COC(=O)CCSc1ccc(OC(C)C)cc1. The first-order valence-electron chi connectivity index (χ1n) is 5.58. The van der Waals surface area contributed by atoms with Crippen molar-refractivity contribution < 1.29 is 14.3 Å². The summed E-state index contributed by atoms with van der Waals surface area (Å²) in [6, 6.07) is 7.89. The van der Waals surface area contributed by atoms with Crippen molar-refractivity contribution in [3.05, 3.63) is 24.3 Å². The lowest BCUT2D eigenvalue weighted by Gasteiger charge is -2.09. The van der Waals surface area contributed by atoms with Crippen LogP contribution in [0.15, 0.2) is 29.2 Å². The first-order valence-corrected chi connectivity index (χ1v) is 6.56. The van der Waals surface area contributed by atoms with Crippen LogP contribution in [0.2, 0.25) is 0 Å². The van der Waals surface area contributed by atoms with Gasteiger partial charge in [0.15, 0.2) is 0 Å². The highest BCUT2D eigenvalue weighted by Crippen LogP contribution is 2.22. The van der Waals surface area contributed by atoms with Crippen LogP contribution in [0.4, 0.5) is 0 Å². The van der Waals surface area contributed by atoms with E-state index in [4.69, 9.17) is 4.74 Å². The van der Waals surface area contributed by atoms with Crippen molar-refractivity contribution in [2.24, 2.45) is 0 Å². The molecule has 1 aromatic rings. The fraction of sp³-hybridized carbons (Fsp3) is 0.462. The van der Waals surface area contributed by atoms with Gasteiger partial charge in [-0.25, -0.2) is 0 Å². The summed E-state index contributed by atoms with van der Waals surface area (Å²) in [7, 11) is 1.41. The van der Waals surface area contributed by atoms with Crippen molar-refractivity contribution >= 4 is 17.7 Å². The Bertz CT molecular complexity index is 346. The van der Waals surface area contributed by atoms with Gasteiger partial charge in [0.1, 0.15) is 5.75 Å². The second-order valence-electron chi connectivity index (χ2n) is 3.81. The Morgan fingerprint density at radius 3 is 2.47 bits per heavy atom. The number of benzene rings is 1. The third-order valence-corrected chi connectivity index (χ3v) is 3.01. The summed E-state index contributed by atoms with van der Waals surface area (Å²) in [5.41, 5.74) is 0. The average Bonchev–Trinajstić information content (AvgIpc) is 2.30. The van der Waals surface area contributed by atoms with Gasteiger partial charge in [-0.1, -0.05) is 0 Å². The van der Waals surface area contributed by atoms with E-state index in [1.54, 1.807) is 11.8 Å². The van der Waals surface area contributed by atoms with E-state index in [1.807, 2.05) is 38.1 Å². The van der Waals surface area contributed by atoms with Crippen LogP contribution in [0.3, 0.4) is 0 Å². The van der Waals surface area contributed by atoms with E-state index in [2.05, 4.69) is 4.74 Å². The van der Waals surface area contributed by atoms with E-state index >= 15 is 0 Å². The van der Waals surface area contributed by atoms with E-state index in [9.17, 15) is 4.79 Å². The summed E-state index contributed by atoms with van der Waals surface area (Å²) < 4.78 is 10.1. The summed E-state index contributed by atoms with van der Waals surface area (Å²) in [6.45, 7) is 4.00. The maximum atomic E-state index is 10.9. The minimum absolute atomic E-state index is 0.169. The fourth-order valence-corrected chi connectivity index (χ4v) is 2.07. The minimum atomic E-state index is -0.169. The Kier molecular flexibility index (Phi) is 5.91. The summed E-state index contributed by atoms with van der Waals surface area (Å²) in [4.78, 5) is 12.1. The summed E-state index contributed by atoms with van der Waals surface area (Å²) >= 11 is 1.64. The average molecular weight is 254 g/mol. The lowest BCUT2D eigenvalue weighted by atomic mass is 10.3. The molecule has 0 aromatic heterocycles. The van der Waals surface area contributed by atoms with Crippen molar-refractivity contribution in [1.82, 2.24) is 0 Å². The van der Waals surface area contributed by atoms with Crippen LogP contribution in [-0.2, 0) is 9.53 Å². The van der Waals surface area contributed by atoms with Gasteiger partial charge in [-0.3, -0.25) is 4.79 Å². The predicted molar refractivity (Wildman–Crippen MR) is 69.6 cm³/mol. The normalized spacial score (nSPS) is 10.4. The standard InChI is InChI=1S/C13H18O3S/c1-10(2)16-11-4-6-12(7-5-11)17-9-8-13(14)15-3/h4-7,10H,8-9H2,1-3H3. The van der Waals surface area contributed by atoms with Gasteiger partial charge in [-0.05, 0) is 38.1 Å². The van der Waals surface area contributed by atoms with Gasteiger partial charge in [-0.15, -0.1) is 11.8 Å². The highest BCUT2D eigenvalue weighted by atomic mass is 32.2. The van der Waals surface area contributed by atoms with Crippen molar-refractivity contribution in [3.63, 3.8) is 0 Å². The molecule has 3 nitrogen and oxygen atoms in total. The number of hydrogen-bond acceptors (Lipinski definition) is 4. The molecule has 0 saturated carbocycles. The van der Waals surface area contributed by atoms with Crippen molar-refractivity contribution in [2.75, 3.05) is 12.9 Å². The van der Waals surface area contributed by atoms with Gasteiger partial charge in [0.25, 0.3) is 0 Å². The van der Waals surface area contributed by atoms with Crippen molar-refractivity contribution in [2.45, 2.75) is 31.3 Å². The van der Waals surface area contributed by atoms with E-state index in [1.165, 1.54) is 7.11 Å². The van der Waals surface area contributed by atoms with E-state index in [0.29, 0.717) is 6.42 Å². The van der Waals surface area contributed by atoms with Crippen LogP contribution in [0.25, 0.3) is 0 Å². The van der Waals surface area contributed by atoms with Crippen LogP contribution in [-0.4, -0.2) is 24.9 Å². The topological polar surface area (TPSA) is 35.5 Å². The Hall–Kier alpha value is -1.16. The molecule has 94 valence electrons. The lowest BCUT2D eigenvalue weighted by Crippen LogP contribution is -2.05. The summed E-state index contributed by atoms with van der Waals surface area (Å²) in [5, 5.41) is 0. The summed E-state index contributed by atoms with van der Waals surface area (Å²) in [5.74, 6) is 1.44. The smallest absolute Gasteiger partial charge is 0.306 e. The van der Waals surface area contributed by atoms with E-state index in [0.717, 1.165) is 16.4 Å². The quantitative estimate of drug-likeness (QED) is 0.577. The van der Waals surface area contributed by atoms with Crippen LogP contribution in [0.1, 0.15) is 20.3 Å². The molecule has 0 saturated heterocycles. The second-order valence-corrected chi connectivity index (χ2v) is 4.98. The number of ether oxygens (including phenoxy) is 2. The van der Waals surface area contributed by atoms with Crippen LogP contribution in [0, 0.1) is 0 Å². The monoisotopic (exact) mass is 254 g/mol. The van der Waals surface area contributed by atoms with Crippen LogP contribution >= 0.6 is 11.8 Å². The first kappa shape index (κ1) is 13.9. The highest BCUT2D eigenvalue weighted by Gasteiger charge is 2.02. The van der Waals surface area contributed by atoms with Gasteiger partial charge in [0.2, 0.25) is 0 Å². The Labute approximate surface area is 106 Å². The zero-order chi connectivity index (χ0) is 12.7. The number of hydrogen-bond donors (Lipinski definition) is 0. The van der Waals surface area contributed by atoms with E-state index in [-0.39, 0.29) is 12.1 Å². The zero-order valence-corrected chi connectivity index (χ0v) is 11.3. The number of carbonyl (C=O) groups excluding carboxylic acids is 1. The molecule has 0 N–H and O–H groups in total. The van der Waals surface area contributed by atoms with Crippen LogP contribution < -0.4 is 4.74 Å². The molecule has 1 rings (SSSR count). The molecular formula is C13H18O3S. The molecule has 0 fully saturated rings. The molecule has 0 heterocycles. The molecule has 0 spiro atoms. The maximum absolute atomic E-state index is 10.9. The van der Waals surface area contributed by atoms with Crippen molar-refractivity contribution in [3.8, 4) is 5.75 Å². The first-order chi connectivity index (χ1) is 8.11. The molecule has 1 aromatic carbocycles. The molecule has 0 radical (unpaired) electrons. The third kappa shape index (κ3) is 5.63. The Morgan fingerprint density at radius 2 is 1.94 bits per heavy atom. The second kappa shape index (κ2) is 7.22. The predicted octanol–water partition coefficient (Wildman–Crippen LogP) is 3.13. The molecule has 0 aliphatic carbocycles. The minimum Gasteiger partial charge on any atom is -0.491 e. The fourth-order valence-electron chi connectivity index (χ4n) is 1.24. The number of thioether (sulfide) groups is 1. The highest BCUT2D eigenvalue weighted by molar-refractivity contribution is 7.99. The van der Waals surface area contributed by atoms with Gasteiger partial charge in [0.05, 0.1) is 19.6 Å². The van der Waals surface area contributed by atoms with Gasteiger partial charge in [0, 0.05) is 10.6 Å².